The average molecular weight is 428 g/mol. The first-order valence-electron chi connectivity index (χ1n) is 8.48. The summed E-state index contributed by atoms with van der Waals surface area (Å²) in [6.07, 6.45) is -9.91. The predicted octanol–water partition coefficient (Wildman–Crippen LogP) is 5.70. The molecule has 30 heavy (non-hydrogen) atoms. The number of halogens is 6. The summed E-state index contributed by atoms with van der Waals surface area (Å²) in [4.78, 5) is 0. The summed E-state index contributed by atoms with van der Waals surface area (Å²) < 4.78 is 88.5. The lowest BCUT2D eigenvalue weighted by molar-refractivity contribution is -0.138. The summed E-state index contributed by atoms with van der Waals surface area (Å²) in [6.45, 7) is 1.47. The molecular weight excluding hydrogens is 414 g/mol. The van der Waals surface area contributed by atoms with Crippen LogP contribution in [0.15, 0.2) is 36.4 Å². The normalized spacial score (nSPS) is 12.6. The van der Waals surface area contributed by atoms with Gasteiger partial charge in [-0.25, -0.2) is 0 Å². The Morgan fingerprint density at radius 3 is 1.77 bits per heavy atom. The van der Waals surface area contributed by atoms with Crippen molar-refractivity contribution in [2.45, 2.75) is 31.8 Å². The van der Waals surface area contributed by atoms with Crippen molar-refractivity contribution in [2.24, 2.45) is 0 Å². The topological polar surface area (TPSA) is 66.0 Å². The zero-order chi connectivity index (χ0) is 22.5. The van der Waals surface area contributed by atoms with Crippen molar-refractivity contribution < 1.29 is 35.8 Å². The van der Waals surface area contributed by atoms with Gasteiger partial charge in [0.2, 0.25) is 0 Å². The van der Waals surface area contributed by atoms with Crippen LogP contribution in [0.25, 0.3) is 0 Å². The van der Waals surface area contributed by atoms with E-state index in [0.717, 1.165) is 12.1 Å². The molecule has 0 fully saturated rings. The van der Waals surface area contributed by atoms with E-state index in [9.17, 15) is 26.3 Å². The molecule has 1 unspecified atom stereocenters. The standard InChI is InChI=1S/C20H14F6N2O2/c1-12(30-16-5-3-14(11-28)18(9-16)20(24,25)26)6-7-29-15-4-2-13(10-27)17(8-15)19(21,22)23/h2-5,8-9,12H,6-7H2,1H3. The highest BCUT2D eigenvalue weighted by Gasteiger charge is 2.35. The van der Waals surface area contributed by atoms with Gasteiger partial charge in [-0.3, -0.25) is 0 Å². The minimum atomic E-state index is -4.72. The number of benzene rings is 2. The molecule has 0 N–H and O–H groups in total. The summed E-state index contributed by atoms with van der Waals surface area (Å²) >= 11 is 0. The van der Waals surface area contributed by atoms with E-state index < -0.39 is 40.7 Å². The maximum Gasteiger partial charge on any atom is 0.417 e. The van der Waals surface area contributed by atoms with Crippen LogP contribution in [0.3, 0.4) is 0 Å². The third-order valence-corrected chi connectivity index (χ3v) is 3.96. The van der Waals surface area contributed by atoms with Crippen molar-refractivity contribution in [1.82, 2.24) is 0 Å². The van der Waals surface area contributed by atoms with Gasteiger partial charge in [0.25, 0.3) is 0 Å². The molecule has 0 spiro atoms. The molecule has 0 aliphatic heterocycles. The van der Waals surface area contributed by atoms with Crippen molar-refractivity contribution in [3.63, 3.8) is 0 Å². The number of hydrogen-bond donors (Lipinski definition) is 0. The maximum absolute atomic E-state index is 13.0. The second-order valence-electron chi connectivity index (χ2n) is 6.20. The minimum Gasteiger partial charge on any atom is -0.493 e. The van der Waals surface area contributed by atoms with Gasteiger partial charge in [-0.05, 0) is 43.3 Å². The Morgan fingerprint density at radius 2 is 1.30 bits per heavy atom. The Labute approximate surface area is 167 Å². The highest BCUT2D eigenvalue weighted by molar-refractivity contribution is 5.45. The van der Waals surface area contributed by atoms with Crippen LogP contribution >= 0.6 is 0 Å². The van der Waals surface area contributed by atoms with Crippen molar-refractivity contribution in [2.75, 3.05) is 6.61 Å². The summed E-state index contributed by atoms with van der Waals surface area (Å²) in [5.74, 6) is -0.210. The van der Waals surface area contributed by atoms with Gasteiger partial charge in [0.15, 0.2) is 0 Å². The largest absolute Gasteiger partial charge is 0.493 e. The van der Waals surface area contributed by atoms with Gasteiger partial charge >= 0.3 is 12.4 Å². The Morgan fingerprint density at radius 1 is 0.833 bits per heavy atom. The van der Waals surface area contributed by atoms with E-state index in [2.05, 4.69) is 0 Å². The van der Waals surface area contributed by atoms with Crippen LogP contribution in [0.4, 0.5) is 26.3 Å². The molecule has 0 aliphatic carbocycles. The first-order valence-corrected chi connectivity index (χ1v) is 8.48. The molecule has 0 heterocycles. The van der Waals surface area contributed by atoms with Crippen LogP contribution in [0.5, 0.6) is 11.5 Å². The van der Waals surface area contributed by atoms with Crippen molar-refractivity contribution in [3.8, 4) is 23.6 Å². The molecule has 10 heteroatoms. The maximum atomic E-state index is 13.0. The molecule has 0 saturated carbocycles. The van der Waals surface area contributed by atoms with E-state index in [-0.39, 0.29) is 24.5 Å². The van der Waals surface area contributed by atoms with Gasteiger partial charge in [0.05, 0.1) is 47.1 Å². The first-order chi connectivity index (χ1) is 14.0. The molecule has 4 nitrogen and oxygen atoms in total. The van der Waals surface area contributed by atoms with Crippen LogP contribution in [0, 0.1) is 22.7 Å². The number of nitrogens with zero attached hydrogens (tertiary/aromatic N) is 2. The SMILES string of the molecule is CC(CCOc1ccc(C#N)c(C(F)(F)F)c1)Oc1ccc(C#N)c(C(F)(F)F)c1. The number of hydrogen-bond acceptors (Lipinski definition) is 4. The molecule has 0 aromatic heterocycles. The summed E-state index contributed by atoms with van der Waals surface area (Å²) in [6, 6.07) is 8.78. The summed E-state index contributed by atoms with van der Waals surface area (Å²) in [5.41, 5.74) is -3.31. The smallest absolute Gasteiger partial charge is 0.417 e. The lowest BCUT2D eigenvalue weighted by Gasteiger charge is -2.17. The van der Waals surface area contributed by atoms with Crippen LogP contribution in [0.1, 0.15) is 35.6 Å². The summed E-state index contributed by atoms with van der Waals surface area (Å²) in [7, 11) is 0. The van der Waals surface area contributed by atoms with Gasteiger partial charge in [-0.2, -0.15) is 36.9 Å². The first kappa shape index (κ1) is 22.9. The van der Waals surface area contributed by atoms with Crippen LogP contribution < -0.4 is 9.47 Å². The fourth-order valence-corrected chi connectivity index (χ4v) is 2.51. The Kier molecular flexibility index (Phi) is 6.83. The third kappa shape index (κ3) is 5.80. The molecule has 2 aromatic rings. The highest BCUT2D eigenvalue weighted by Crippen LogP contribution is 2.35. The number of ether oxygens (including phenoxy) is 2. The Bertz CT molecular complexity index is 987. The third-order valence-electron chi connectivity index (χ3n) is 3.96. The van der Waals surface area contributed by atoms with E-state index in [4.69, 9.17) is 20.0 Å². The molecule has 158 valence electrons. The molecule has 0 bridgehead atoms. The van der Waals surface area contributed by atoms with Gasteiger partial charge in [-0.1, -0.05) is 0 Å². The average Bonchev–Trinajstić information content (AvgIpc) is 2.66. The fraction of sp³-hybridized carbons (Fsp3) is 0.300. The van der Waals surface area contributed by atoms with Gasteiger partial charge in [0.1, 0.15) is 11.5 Å². The number of rotatable bonds is 6. The second-order valence-corrected chi connectivity index (χ2v) is 6.20. The second kappa shape index (κ2) is 8.95. The van der Waals surface area contributed by atoms with Gasteiger partial charge in [-0.15, -0.1) is 0 Å². The molecule has 2 aromatic carbocycles. The van der Waals surface area contributed by atoms with Crippen molar-refractivity contribution >= 4 is 0 Å². The lowest BCUT2D eigenvalue weighted by atomic mass is 10.1. The van der Waals surface area contributed by atoms with E-state index in [1.807, 2.05) is 0 Å². The Hall–Kier alpha value is -3.40. The van der Waals surface area contributed by atoms with Crippen molar-refractivity contribution in [3.05, 3.63) is 58.7 Å². The number of nitriles is 2. The molecule has 2 rings (SSSR count). The van der Waals surface area contributed by atoms with Crippen LogP contribution in [-0.4, -0.2) is 12.7 Å². The van der Waals surface area contributed by atoms with E-state index >= 15 is 0 Å². The molecule has 0 saturated heterocycles. The van der Waals surface area contributed by atoms with E-state index in [1.165, 1.54) is 24.3 Å². The number of alkyl halides is 6. The van der Waals surface area contributed by atoms with Gasteiger partial charge in [0, 0.05) is 6.42 Å². The van der Waals surface area contributed by atoms with Crippen LogP contribution in [-0.2, 0) is 12.4 Å². The predicted molar refractivity (Wildman–Crippen MR) is 92.5 cm³/mol. The molecule has 1 atom stereocenters. The quantitative estimate of drug-likeness (QED) is 0.554. The molecule has 0 aliphatic rings. The molecular formula is C20H14F6N2O2. The molecule has 0 radical (unpaired) electrons. The van der Waals surface area contributed by atoms with Gasteiger partial charge < -0.3 is 9.47 Å². The van der Waals surface area contributed by atoms with Crippen molar-refractivity contribution in [1.29, 1.82) is 10.5 Å². The van der Waals surface area contributed by atoms with E-state index in [1.54, 1.807) is 6.92 Å². The zero-order valence-electron chi connectivity index (χ0n) is 15.4. The minimum absolute atomic E-state index is 0.0766. The van der Waals surface area contributed by atoms with Crippen LogP contribution in [0.2, 0.25) is 0 Å². The lowest BCUT2D eigenvalue weighted by Crippen LogP contribution is -2.17. The monoisotopic (exact) mass is 428 g/mol. The highest BCUT2D eigenvalue weighted by atomic mass is 19.4. The molecule has 0 amide bonds. The Balaban J connectivity index is 2.00. The summed E-state index contributed by atoms with van der Waals surface area (Å²) in [5, 5.41) is 17.6. The zero-order valence-corrected chi connectivity index (χ0v) is 15.4. The van der Waals surface area contributed by atoms with E-state index in [0.29, 0.717) is 12.1 Å². The fourth-order valence-electron chi connectivity index (χ4n) is 2.51.